The summed E-state index contributed by atoms with van der Waals surface area (Å²) in [4.78, 5) is 30.5. The average Bonchev–Trinajstić information content (AvgIpc) is 3.63. The molecule has 3 N–H and O–H groups in total. The largest absolute Gasteiger partial charge is 0.390 e. The van der Waals surface area contributed by atoms with Gasteiger partial charge in [0.1, 0.15) is 11.6 Å². The van der Waals surface area contributed by atoms with E-state index in [0.717, 1.165) is 65.0 Å². The summed E-state index contributed by atoms with van der Waals surface area (Å²) in [6.07, 6.45) is 9.20. The number of amides is 1. The van der Waals surface area contributed by atoms with Crippen molar-refractivity contribution in [1.29, 1.82) is 0 Å². The number of anilines is 1. The van der Waals surface area contributed by atoms with Gasteiger partial charge in [-0.2, -0.15) is 0 Å². The first kappa shape index (κ1) is 24.5. The predicted octanol–water partition coefficient (Wildman–Crippen LogP) is 4.15. The fourth-order valence-electron chi connectivity index (χ4n) is 4.80. The Labute approximate surface area is 222 Å². The SMILES string of the molecule is O=C(Nc1nc2ccc(-c3cnc(CO[C@H]4CCC[C@@H]4O)nc3)cc2s1)C1CC(NCc2nccs2)C1. The maximum absolute atomic E-state index is 12.7. The maximum atomic E-state index is 12.7. The number of aliphatic hydroxyl groups excluding tert-OH is 1. The summed E-state index contributed by atoms with van der Waals surface area (Å²) >= 11 is 3.11. The molecule has 11 heteroatoms. The zero-order valence-electron chi connectivity index (χ0n) is 20.2. The number of rotatable bonds is 9. The van der Waals surface area contributed by atoms with Gasteiger partial charge in [-0.15, -0.1) is 11.3 Å². The van der Waals surface area contributed by atoms with E-state index in [0.29, 0.717) is 23.6 Å². The number of thiazole rings is 2. The normalized spacial score (nSPS) is 23.3. The molecule has 37 heavy (non-hydrogen) atoms. The molecule has 2 aliphatic rings. The van der Waals surface area contributed by atoms with Crippen molar-refractivity contribution in [2.24, 2.45) is 5.92 Å². The fraction of sp³-hybridized carbons (Fsp3) is 0.423. The highest BCUT2D eigenvalue weighted by Gasteiger charge is 2.34. The number of benzene rings is 1. The van der Waals surface area contributed by atoms with Gasteiger partial charge in [0.25, 0.3) is 0 Å². The molecular formula is C26H28N6O3S2. The number of nitrogens with zero attached hydrogens (tertiary/aromatic N) is 4. The van der Waals surface area contributed by atoms with Crippen LogP contribution in [0.25, 0.3) is 21.3 Å². The molecule has 0 unspecified atom stereocenters. The minimum Gasteiger partial charge on any atom is -0.390 e. The Morgan fingerprint density at radius 2 is 2.00 bits per heavy atom. The van der Waals surface area contributed by atoms with Crippen LogP contribution in [0.2, 0.25) is 0 Å². The van der Waals surface area contributed by atoms with Crippen molar-refractivity contribution in [3.8, 4) is 11.1 Å². The number of carbonyl (C=O) groups is 1. The summed E-state index contributed by atoms with van der Waals surface area (Å²) < 4.78 is 6.77. The Balaban J connectivity index is 1.03. The topological polar surface area (TPSA) is 122 Å². The highest BCUT2D eigenvalue weighted by molar-refractivity contribution is 7.22. The second-order valence-electron chi connectivity index (χ2n) is 9.60. The van der Waals surface area contributed by atoms with E-state index in [1.165, 1.54) is 11.3 Å². The van der Waals surface area contributed by atoms with Crippen LogP contribution in [0.1, 0.15) is 42.9 Å². The summed E-state index contributed by atoms with van der Waals surface area (Å²) in [6, 6.07) is 6.35. The molecule has 2 fully saturated rings. The second kappa shape index (κ2) is 10.9. The number of aliphatic hydroxyl groups is 1. The van der Waals surface area contributed by atoms with Crippen LogP contribution in [0.3, 0.4) is 0 Å². The molecule has 2 aliphatic carbocycles. The van der Waals surface area contributed by atoms with Crippen molar-refractivity contribution < 1.29 is 14.6 Å². The molecule has 6 rings (SSSR count). The standard InChI is InChI=1S/C26H28N6O3S2/c33-20-2-1-3-21(20)35-14-23-29-11-17(12-30-23)15-4-5-19-22(10-15)37-26(31-19)32-25(34)16-8-18(9-16)28-13-24-27-6-7-36-24/h4-7,10-12,16,18,20-21,28,33H,1-3,8-9,13-14H2,(H,31,32,34)/t16?,18?,20-,21-/m0/s1. The molecule has 9 nitrogen and oxygen atoms in total. The van der Waals surface area contributed by atoms with Crippen molar-refractivity contribution in [3.63, 3.8) is 0 Å². The molecule has 0 saturated heterocycles. The highest BCUT2D eigenvalue weighted by atomic mass is 32.1. The van der Waals surface area contributed by atoms with Crippen LogP contribution >= 0.6 is 22.7 Å². The molecule has 4 aromatic rings. The molecule has 2 saturated carbocycles. The van der Waals surface area contributed by atoms with Crippen LogP contribution in [0.15, 0.2) is 42.2 Å². The van der Waals surface area contributed by atoms with Crippen molar-refractivity contribution in [1.82, 2.24) is 25.3 Å². The molecule has 2 atom stereocenters. The summed E-state index contributed by atoms with van der Waals surface area (Å²) in [6.45, 7) is 1.05. The molecule has 0 spiro atoms. The first-order valence-corrected chi connectivity index (χ1v) is 14.2. The van der Waals surface area contributed by atoms with E-state index in [-0.39, 0.29) is 24.0 Å². The van der Waals surface area contributed by atoms with E-state index < -0.39 is 0 Å². The lowest BCUT2D eigenvalue weighted by molar-refractivity contribution is -0.122. The Morgan fingerprint density at radius 3 is 2.76 bits per heavy atom. The number of nitrogens with one attached hydrogen (secondary N) is 2. The van der Waals surface area contributed by atoms with Crippen LogP contribution in [0.5, 0.6) is 0 Å². The van der Waals surface area contributed by atoms with Crippen molar-refractivity contribution >= 4 is 43.9 Å². The van der Waals surface area contributed by atoms with Gasteiger partial charge < -0.3 is 20.5 Å². The Kier molecular flexibility index (Phi) is 7.21. The minimum absolute atomic E-state index is 0.00736. The zero-order chi connectivity index (χ0) is 25.2. The summed E-state index contributed by atoms with van der Waals surface area (Å²) in [5.74, 6) is 0.638. The third-order valence-electron chi connectivity index (χ3n) is 7.04. The van der Waals surface area contributed by atoms with Crippen LogP contribution in [0, 0.1) is 5.92 Å². The van der Waals surface area contributed by atoms with Gasteiger partial charge in [0.05, 0.1) is 22.4 Å². The molecule has 0 aliphatic heterocycles. The lowest BCUT2D eigenvalue weighted by atomic mass is 9.79. The molecule has 3 heterocycles. The van der Waals surface area contributed by atoms with E-state index in [4.69, 9.17) is 4.74 Å². The maximum Gasteiger partial charge on any atom is 0.229 e. The third-order valence-corrected chi connectivity index (χ3v) is 8.75. The minimum atomic E-state index is -0.387. The molecule has 0 radical (unpaired) electrons. The van der Waals surface area contributed by atoms with Crippen molar-refractivity contribution in [2.75, 3.05) is 5.32 Å². The predicted molar refractivity (Wildman–Crippen MR) is 143 cm³/mol. The Bertz CT molecular complexity index is 1350. The third kappa shape index (κ3) is 5.70. The van der Waals surface area contributed by atoms with E-state index in [9.17, 15) is 9.90 Å². The first-order chi connectivity index (χ1) is 18.1. The first-order valence-electron chi connectivity index (χ1n) is 12.5. The summed E-state index contributed by atoms with van der Waals surface area (Å²) in [7, 11) is 0. The fourth-order valence-corrected chi connectivity index (χ4v) is 6.27. The highest BCUT2D eigenvalue weighted by Crippen LogP contribution is 2.33. The van der Waals surface area contributed by atoms with Gasteiger partial charge in [0, 0.05) is 48.0 Å². The summed E-state index contributed by atoms with van der Waals surface area (Å²) in [5.41, 5.74) is 2.74. The number of ether oxygens (including phenoxy) is 1. The number of fused-ring (bicyclic) bond motifs is 1. The lowest BCUT2D eigenvalue weighted by Crippen LogP contribution is -2.45. The van der Waals surface area contributed by atoms with Gasteiger partial charge in [-0.3, -0.25) is 4.79 Å². The molecular weight excluding hydrogens is 508 g/mol. The van der Waals surface area contributed by atoms with Crippen LogP contribution in [0.4, 0.5) is 5.13 Å². The molecule has 0 bridgehead atoms. The van der Waals surface area contributed by atoms with E-state index >= 15 is 0 Å². The van der Waals surface area contributed by atoms with Crippen LogP contribution < -0.4 is 10.6 Å². The average molecular weight is 537 g/mol. The Hall–Kier alpha value is -2.83. The van der Waals surface area contributed by atoms with Gasteiger partial charge in [-0.05, 0) is 49.8 Å². The lowest BCUT2D eigenvalue weighted by Gasteiger charge is -2.34. The number of aromatic nitrogens is 4. The van der Waals surface area contributed by atoms with E-state index in [1.54, 1.807) is 23.7 Å². The second-order valence-corrected chi connectivity index (χ2v) is 11.6. The quantitative estimate of drug-likeness (QED) is 0.292. The zero-order valence-corrected chi connectivity index (χ0v) is 21.8. The number of hydrogen-bond acceptors (Lipinski definition) is 10. The number of hydrogen-bond donors (Lipinski definition) is 3. The molecule has 3 aromatic heterocycles. The number of carbonyl (C=O) groups excluding carboxylic acids is 1. The van der Waals surface area contributed by atoms with Crippen LogP contribution in [-0.2, 0) is 22.7 Å². The monoisotopic (exact) mass is 536 g/mol. The van der Waals surface area contributed by atoms with E-state index in [2.05, 4.69) is 30.6 Å². The van der Waals surface area contributed by atoms with Crippen molar-refractivity contribution in [2.45, 2.75) is 63.5 Å². The Morgan fingerprint density at radius 1 is 1.14 bits per heavy atom. The van der Waals surface area contributed by atoms with Gasteiger partial charge in [0.15, 0.2) is 11.0 Å². The summed E-state index contributed by atoms with van der Waals surface area (Å²) in [5, 5.41) is 20.0. The van der Waals surface area contributed by atoms with Gasteiger partial charge in [0.2, 0.25) is 5.91 Å². The van der Waals surface area contributed by atoms with Crippen molar-refractivity contribution in [3.05, 3.63) is 53.0 Å². The molecule has 192 valence electrons. The van der Waals surface area contributed by atoms with Gasteiger partial charge >= 0.3 is 0 Å². The van der Waals surface area contributed by atoms with E-state index in [1.807, 2.05) is 29.8 Å². The van der Waals surface area contributed by atoms with Gasteiger partial charge in [-0.25, -0.2) is 19.9 Å². The molecule has 1 aromatic carbocycles. The molecule has 1 amide bonds. The van der Waals surface area contributed by atoms with Crippen LogP contribution in [-0.4, -0.2) is 49.2 Å². The van der Waals surface area contributed by atoms with Gasteiger partial charge in [-0.1, -0.05) is 17.4 Å². The smallest absolute Gasteiger partial charge is 0.229 e.